The first-order valence-electron chi connectivity index (χ1n) is 6.94. The minimum atomic E-state index is -0.615. The van der Waals surface area contributed by atoms with Crippen molar-refractivity contribution in [1.82, 2.24) is 5.32 Å². The molecule has 1 amide bonds. The Kier molecular flexibility index (Phi) is 5.52. The van der Waals surface area contributed by atoms with Crippen molar-refractivity contribution in [2.75, 3.05) is 14.2 Å². The van der Waals surface area contributed by atoms with Gasteiger partial charge in [0.25, 0.3) is 5.91 Å². The number of benzene rings is 2. The maximum Gasteiger partial charge on any atom is 0.354 e. The average Bonchev–Trinajstić information content (AvgIpc) is 2.61. The highest BCUT2D eigenvalue weighted by Gasteiger charge is 2.15. The standard InChI is InChI=1S/C18H17NO4/c1-22-15-10-8-14(9-11-15)17(20)19-16(18(21)23-2)12-13-6-4-3-5-7-13/h3-12H,1-2H3,(H,19,20)/b16-12+. The molecule has 2 aromatic carbocycles. The van der Waals surface area contributed by atoms with Crippen molar-refractivity contribution in [3.8, 4) is 5.75 Å². The van der Waals surface area contributed by atoms with Crippen molar-refractivity contribution in [1.29, 1.82) is 0 Å². The topological polar surface area (TPSA) is 64.6 Å². The predicted octanol–water partition coefficient (Wildman–Crippen LogP) is 2.64. The van der Waals surface area contributed by atoms with Gasteiger partial charge in [-0.25, -0.2) is 4.79 Å². The summed E-state index contributed by atoms with van der Waals surface area (Å²) in [5.74, 6) is -0.370. The Bertz CT molecular complexity index is 706. The molecule has 2 rings (SSSR count). The lowest BCUT2D eigenvalue weighted by Gasteiger charge is -2.09. The number of hydrogen-bond acceptors (Lipinski definition) is 4. The number of rotatable bonds is 5. The van der Waals surface area contributed by atoms with Crippen molar-refractivity contribution in [2.45, 2.75) is 0 Å². The van der Waals surface area contributed by atoms with Crippen LogP contribution < -0.4 is 10.1 Å². The quantitative estimate of drug-likeness (QED) is 0.681. The fraction of sp³-hybridized carbons (Fsp3) is 0.111. The molecule has 0 aliphatic heterocycles. The molecule has 0 aliphatic carbocycles. The molecule has 0 atom stereocenters. The summed E-state index contributed by atoms with van der Waals surface area (Å²) >= 11 is 0. The van der Waals surface area contributed by atoms with Gasteiger partial charge in [0, 0.05) is 5.56 Å². The van der Waals surface area contributed by atoms with Gasteiger partial charge in [-0.15, -0.1) is 0 Å². The zero-order chi connectivity index (χ0) is 16.7. The molecule has 0 spiro atoms. The fourth-order valence-electron chi connectivity index (χ4n) is 1.91. The molecule has 0 heterocycles. The first-order valence-corrected chi connectivity index (χ1v) is 6.94. The molecule has 0 saturated heterocycles. The van der Waals surface area contributed by atoms with Crippen LogP contribution >= 0.6 is 0 Å². The van der Waals surface area contributed by atoms with Crippen LogP contribution in [0.4, 0.5) is 0 Å². The Labute approximate surface area is 134 Å². The Morgan fingerprint density at radius 3 is 2.17 bits per heavy atom. The lowest BCUT2D eigenvalue weighted by Crippen LogP contribution is -2.28. The number of carbonyl (C=O) groups is 2. The SMILES string of the molecule is COC(=O)/C(=C\c1ccccc1)NC(=O)c1ccc(OC)cc1. The Balaban J connectivity index is 2.21. The monoisotopic (exact) mass is 311 g/mol. The fourth-order valence-corrected chi connectivity index (χ4v) is 1.91. The highest BCUT2D eigenvalue weighted by atomic mass is 16.5. The van der Waals surface area contributed by atoms with Crippen molar-refractivity contribution < 1.29 is 19.1 Å². The third kappa shape index (κ3) is 4.44. The van der Waals surface area contributed by atoms with E-state index in [2.05, 4.69) is 5.32 Å². The molecule has 2 aromatic rings. The highest BCUT2D eigenvalue weighted by Crippen LogP contribution is 2.12. The zero-order valence-corrected chi connectivity index (χ0v) is 12.9. The summed E-state index contributed by atoms with van der Waals surface area (Å²) in [7, 11) is 2.81. The van der Waals surface area contributed by atoms with Crippen LogP contribution in [0.5, 0.6) is 5.75 Å². The third-order valence-corrected chi connectivity index (χ3v) is 3.12. The van der Waals surface area contributed by atoms with Crippen LogP contribution in [0.1, 0.15) is 15.9 Å². The van der Waals surface area contributed by atoms with E-state index in [1.165, 1.54) is 7.11 Å². The van der Waals surface area contributed by atoms with Crippen LogP contribution in [0.3, 0.4) is 0 Å². The zero-order valence-electron chi connectivity index (χ0n) is 12.9. The molecule has 0 unspecified atom stereocenters. The van der Waals surface area contributed by atoms with Gasteiger partial charge >= 0.3 is 5.97 Å². The van der Waals surface area contributed by atoms with Gasteiger partial charge in [-0.1, -0.05) is 30.3 Å². The van der Waals surface area contributed by atoms with E-state index in [0.29, 0.717) is 11.3 Å². The second-order valence-corrected chi connectivity index (χ2v) is 4.64. The first-order chi connectivity index (χ1) is 11.1. The number of esters is 1. The number of methoxy groups -OCH3 is 2. The van der Waals surface area contributed by atoms with E-state index < -0.39 is 11.9 Å². The van der Waals surface area contributed by atoms with E-state index in [1.807, 2.05) is 30.3 Å². The second kappa shape index (κ2) is 7.79. The minimum absolute atomic E-state index is 0.0690. The van der Waals surface area contributed by atoms with Gasteiger partial charge < -0.3 is 14.8 Å². The van der Waals surface area contributed by atoms with Gasteiger partial charge in [-0.05, 0) is 35.9 Å². The molecule has 0 bridgehead atoms. The summed E-state index contributed by atoms with van der Waals surface area (Å²) < 4.78 is 9.76. The van der Waals surface area contributed by atoms with Crippen molar-refractivity contribution in [3.63, 3.8) is 0 Å². The Morgan fingerprint density at radius 1 is 0.957 bits per heavy atom. The summed E-state index contributed by atoms with van der Waals surface area (Å²) in [4.78, 5) is 24.1. The molecule has 1 N–H and O–H groups in total. The van der Waals surface area contributed by atoms with Gasteiger partial charge in [0.2, 0.25) is 0 Å². The number of carbonyl (C=O) groups excluding carboxylic acids is 2. The summed E-state index contributed by atoms with van der Waals surface area (Å²) in [5.41, 5.74) is 1.26. The highest BCUT2D eigenvalue weighted by molar-refractivity contribution is 6.03. The average molecular weight is 311 g/mol. The van der Waals surface area contributed by atoms with E-state index >= 15 is 0 Å². The van der Waals surface area contributed by atoms with E-state index in [-0.39, 0.29) is 5.70 Å². The molecule has 5 heteroatoms. The smallest absolute Gasteiger partial charge is 0.354 e. The van der Waals surface area contributed by atoms with E-state index in [9.17, 15) is 9.59 Å². The lowest BCUT2D eigenvalue weighted by molar-refractivity contribution is -0.136. The molecule has 0 aliphatic rings. The van der Waals surface area contributed by atoms with E-state index in [4.69, 9.17) is 9.47 Å². The number of amides is 1. The Morgan fingerprint density at radius 2 is 1.61 bits per heavy atom. The van der Waals surface area contributed by atoms with E-state index in [0.717, 1.165) is 5.56 Å². The number of ether oxygens (including phenoxy) is 2. The van der Waals surface area contributed by atoms with Crippen molar-refractivity contribution >= 4 is 18.0 Å². The van der Waals surface area contributed by atoms with Gasteiger partial charge in [0.15, 0.2) is 0 Å². The van der Waals surface area contributed by atoms with E-state index in [1.54, 1.807) is 37.5 Å². The minimum Gasteiger partial charge on any atom is -0.497 e. The molecule has 23 heavy (non-hydrogen) atoms. The molecule has 0 saturated carbocycles. The molecule has 118 valence electrons. The van der Waals surface area contributed by atoms with Crippen LogP contribution in [0.15, 0.2) is 60.3 Å². The normalized spacial score (nSPS) is 10.8. The molecule has 0 fully saturated rings. The lowest BCUT2D eigenvalue weighted by atomic mass is 10.1. The maximum absolute atomic E-state index is 12.3. The molecule has 0 radical (unpaired) electrons. The summed E-state index contributed by atoms with van der Waals surface area (Å²) in [6.07, 6.45) is 1.56. The van der Waals surface area contributed by atoms with Crippen molar-refractivity contribution in [3.05, 3.63) is 71.4 Å². The molecular formula is C18H17NO4. The number of nitrogens with one attached hydrogen (secondary N) is 1. The van der Waals surface area contributed by atoms with Crippen LogP contribution in [-0.4, -0.2) is 26.1 Å². The van der Waals surface area contributed by atoms with Crippen LogP contribution in [-0.2, 0) is 9.53 Å². The summed E-state index contributed by atoms with van der Waals surface area (Å²) in [6.45, 7) is 0. The first kappa shape index (κ1) is 16.3. The van der Waals surface area contributed by atoms with Crippen LogP contribution in [0.25, 0.3) is 6.08 Å². The maximum atomic E-state index is 12.3. The van der Waals surface area contributed by atoms with Crippen molar-refractivity contribution in [2.24, 2.45) is 0 Å². The Hall–Kier alpha value is -3.08. The largest absolute Gasteiger partial charge is 0.497 e. The molecular weight excluding hydrogens is 294 g/mol. The predicted molar refractivity (Wildman–Crippen MR) is 86.9 cm³/mol. The summed E-state index contributed by atoms with van der Waals surface area (Å²) in [6, 6.07) is 15.8. The third-order valence-electron chi connectivity index (χ3n) is 3.12. The van der Waals surface area contributed by atoms with Crippen LogP contribution in [0.2, 0.25) is 0 Å². The molecule has 5 nitrogen and oxygen atoms in total. The van der Waals surface area contributed by atoms with Gasteiger partial charge in [-0.3, -0.25) is 4.79 Å². The van der Waals surface area contributed by atoms with Gasteiger partial charge in [0.1, 0.15) is 11.4 Å². The second-order valence-electron chi connectivity index (χ2n) is 4.64. The van der Waals surface area contributed by atoms with Gasteiger partial charge in [0.05, 0.1) is 14.2 Å². The molecule has 0 aromatic heterocycles. The van der Waals surface area contributed by atoms with Crippen LogP contribution in [0, 0.1) is 0 Å². The summed E-state index contributed by atoms with van der Waals surface area (Å²) in [5, 5.41) is 2.58. The number of hydrogen-bond donors (Lipinski definition) is 1. The van der Waals surface area contributed by atoms with Gasteiger partial charge in [-0.2, -0.15) is 0 Å².